The molecular weight excluding hydrogens is 266 g/mol. The number of aliphatic imine (C=N–C) groups is 1. The zero-order chi connectivity index (χ0) is 14.5. The van der Waals surface area contributed by atoms with Gasteiger partial charge in [-0.1, -0.05) is 0 Å². The van der Waals surface area contributed by atoms with E-state index in [-0.39, 0.29) is 0 Å². The number of nitrogens with two attached hydrogens (primary N) is 1. The van der Waals surface area contributed by atoms with Crippen LogP contribution in [0.4, 0.5) is 5.82 Å². The van der Waals surface area contributed by atoms with Crippen molar-refractivity contribution in [3.63, 3.8) is 0 Å². The topological polar surface area (TPSA) is 67.0 Å². The molecule has 0 aliphatic carbocycles. The van der Waals surface area contributed by atoms with Crippen LogP contribution in [0, 0.1) is 0 Å². The molecule has 114 valence electrons. The number of rotatable bonds is 3. The average Bonchev–Trinajstić information content (AvgIpc) is 3.08. The van der Waals surface area contributed by atoms with Crippen molar-refractivity contribution in [1.82, 2.24) is 9.88 Å². The smallest absolute Gasteiger partial charge is 0.191 e. The minimum Gasteiger partial charge on any atom is -0.378 e. The molecule has 2 aliphatic heterocycles. The van der Waals surface area contributed by atoms with E-state index in [1.165, 1.54) is 12.8 Å². The van der Waals surface area contributed by atoms with E-state index < -0.39 is 0 Å². The summed E-state index contributed by atoms with van der Waals surface area (Å²) in [6.07, 6.45) is 4.38. The summed E-state index contributed by atoms with van der Waals surface area (Å²) in [6, 6.07) is 4.14. The Kier molecular flexibility index (Phi) is 4.55. The third-order valence-corrected chi connectivity index (χ3v) is 4.00. The molecule has 6 heteroatoms. The second-order valence-electron chi connectivity index (χ2n) is 5.49. The van der Waals surface area contributed by atoms with E-state index in [1.54, 1.807) is 0 Å². The van der Waals surface area contributed by atoms with Gasteiger partial charge in [-0.15, -0.1) is 0 Å². The van der Waals surface area contributed by atoms with E-state index in [0.29, 0.717) is 12.5 Å². The Morgan fingerprint density at radius 3 is 2.76 bits per heavy atom. The van der Waals surface area contributed by atoms with Crippen LogP contribution in [0.15, 0.2) is 23.3 Å². The maximum Gasteiger partial charge on any atom is 0.191 e. The molecule has 1 aromatic heterocycles. The molecule has 0 aromatic carbocycles. The lowest BCUT2D eigenvalue weighted by molar-refractivity contribution is 0.0674. The number of hydrogen-bond donors (Lipinski definition) is 1. The van der Waals surface area contributed by atoms with Gasteiger partial charge in [0.1, 0.15) is 5.82 Å². The number of morpholine rings is 1. The number of guanidine groups is 1. The van der Waals surface area contributed by atoms with Crippen LogP contribution in [0.2, 0.25) is 0 Å². The van der Waals surface area contributed by atoms with Crippen molar-refractivity contribution in [3.8, 4) is 0 Å². The van der Waals surface area contributed by atoms with Gasteiger partial charge in [-0.25, -0.2) is 9.98 Å². The quantitative estimate of drug-likeness (QED) is 0.659. The molecule has 2 aliphatic rings. The molecule has 0 saturated carbocycles. The standard InChI is InChI=1S/C15H23N5O/c16-15(20-7-9-21-10-8-20)18-12-13-3-4-17-14(11-13)19-5-1-2-6-19/h3-4,11H,1-2,5-10,12H2,(H2,16,18). The second-order valence-corrected chi connectivity index (χ2v) is 5.49. The third kappa shape index (κ3) is 3.64. The van der Waals surface area contributed by atoms with Crippen LogP contribution in [0.1, 0.15) is 18.4 Å². The second kappa shape index (κ2) is 6.76. The van der Waals surface area contributed by atoms with Gasteiger partial charge in [-0.2, -0.15) is 0 Å². The number of nitrogens with zero attached hydrogens (tertiary/aromatic N) is 4. The fourth-order valence-electron chi connectivity index (χ4n) is 2.74. The molecule has 2 saturated heterocycles. The lowest BCUT2D eigenvalue weighted by Crippen LogP contribution is -2.44. The first-order valence-electron chi connectivity index (χ1n) is 7.65. The molecule has 0 radical (unpaired) electrons. The monoisotopic (exact) mass is 289 g/mol. The van der Waals surface area contributed by atoms with Crippen molar-refractivity contribution in [2.45, 2.75) is 19.4 Å². The zero-order valence-corrected chi connectivity index (χ0v) is 12.4. The third-order valence-electron chi connectivity index (χ3n) is 4.00. The van der Waals surface area contributed by atoms with Gasteiger partial charge >= 0.3 is 0 Å². The molecule has 0 bridgehead atoms. The molecule has 6 nitrogen and oxygen atoms in total. The molecule has 0 unspecified atom stereocenters. The van der Waals surface area contributed by atoms with Crippen molar-refractivity contribution in [2.75, 3.05) is 44.3 Å². The molecule has 2 N–H and O–H groups in total. The SMILES string of the molecule is NC(=NCc1ccnc(N2CCCC2)c1)N1CCOCC1. The van der Waals surface area contributed by atoms with Crippen LogP contribution in [-0.4, -0.2) is 55.2 Å². The Labute approximate surface area is 125 Å². The van der Waals surface area contributed by atoms with E-state index in [0.717, 1.165) is 50.8 Å². The van der Waals surface area contributed by atoms with E-state index in [4.69, 9.17) is 10.5 Å². The van der Waals surface area contributed by atoms with Crippen LogP contribution in [-0.2, 0) is 11.3 Å². The summed E-state index contributed by atoms with van der Waals surface area (Å²) in [6.45, 7) is 5.92. The van der Waals surface area contributed by atoms with Crippen LogP contribution in [0.3, 0.4) is 0 Å². The summed E-state index contributed by atoms with van der Waals surface area (Å²) in [5.74, 6) is 1.67. The highest BCUT2D eigenvalue weighted by atomic mass is 16.5. The molecule has 1 aromatic rings. The first kappa shape index (κ1) is 14.1. The van der Waals surface area contributed by atoms with E-state index in [1.807, 2.05) is 12.3 Å². The van der Waals surface area contributed by atoms with Gasteiger partial charge in [0.2, 0.25) is 0 Å². The lowest BCUT2D eigenvalue weighted by Gasteiger charge is -2.27. The van der Waals surface area contributed by atoms with Gasteiger partial charge in [0.25, 0.3) is 0 Å². The first-order valence-corrected chi connectivity index (χ1v) is 7.65. The summed E-state index contributed by atoms with van der Waals surface area (Å²) >= 11 is 0. The Balaban J connectivity index is 1.62. The van der Waals surface area contributed by atoms with Gasteiger partial charge in [0.05, 0.1) is 19.8 Å². The summed E-state index contributed by atoms with van der Waals surface area (Å²) in [4.78, 5) is 13.4. The first-order chi connectivity index (χ1) is 10.3. The zero-order valence-electron chi connectivity index (χ0n) is 12.4. The molecule has 3 heterocycles. The molecule has 0 atom stereocenters. The minimum atomic E-state index is 0.604. The minimum absolute atomic E-state index is 0.604. The summed E-state index contributed by atoms with van der Waals surface area (Å²) in [5.41, 5.74) is 7.21. The van der Waals surface area contributed by atoms with Crippen molar-refractivity contribution in [2.24, 2.45) is 10.7 Å². The maximum atomic E-state index is 6.05. The van der Waals surface area contributed by atoms with Gasteiger partial charge < -0.3 is 20.3 Å². The molecule has 2 fully saturated rings. The van der Waals surface area contributed by atoms with Gasteiger partial charge in [0.15, 0.2) is 5.96 Å². The molecule has 0 spiro atoms. The van der Waals surface area contributed by atoms with Crippen LogP contribution in [0.25, 0.3) is 0 Å². The lowest BCUT2D eigenvalue weighted by atomic mass is 10.2. The average molecular weight is 289 g/mol. The highest BCUT2D eigenvalue weighted by Crippen LogP contribution is 2.18. The number of anilines is 1. The van der Waals surface area contributed by atoms with E-state index in [9.17, 15) is 0 Å². The van der Waals surface area contributed by atoms with E-state index >= 15 is 0 Å². The fourth-order valence-corrected chi connectivity index (χ4v) is 2.74. The van der Waals surface area contributed by atoms with Crippen molar-refractivity contribution < 1.29 is 4.74 Å². The fraction of sp³-hybridized carbons (Fsp3) is 0.600. The van der Waals surface area contributed by atoms with Crippen LogP contribution in [0.5, 0.6) is 0 Å². The Morgan fingerprint density at radius 1 is 1.24 bits per heavy atom. The highest BCUT2D eigenvalue weighted by molar-refractivity contribution is 5.78. The number of pyridine rings is 1. The summed E-state index contributed by atoms with van der Waals surface area (Å²) in [5, 5.41) is 0. The maximum absolute atomic E-state index is 6.05. The largest absolute Gasteiger partial charge is 0.378 e. The van der Waals surface area contributed by atoms with Gasteiger partial charge in [-0.3, -0.25) is 0 Å². The number of hydrogen-bond acceptors (Lipinski definition) is 4. The highest BCUT2D eigenvalue weighted by Gasteiger charge is 2.14. The molecular formula is C15H23N5O. The van der Waals surface area contributed by atoms with Crippen LogP contribution < -0.4 is 10.6 Å². The molecule has 0 amide bonds. The van der Waals surface area contributed by atoms with Crippen molar-refractivity contribution in [3.05, 3.63) is 23.9 Å². The van der Waals surface area contributed by atoms with Gasteiger partial charge in [0, 0.05) is 32.4 Å². The van der Waals surface area contributed by atoms with E-state index in [2.05, 4.69) is 25.8 Å². The molecule has 3 rings (SSSR count). The number of aromatic nitrogens is 1. The summed E-state index contributed by atoms with van der Waals surface area (Å²) < 4.78 is 5.32. The number of ether oxygens (including phenoxy) is 1. The Morgan fingerprint density at radius 2 is 2.00 bits per heavy atom. The molecule has 21 heavy (non-hydrogen) atoms. The normalized spacial score (nSPS) is 20.1. The van der Waals surface area contributed by atoms with Gasteiger partial charge in [-0.05, 0) is 30.5 Å². The predicted molar refractivity (Wildman–Crippen MR) is 83.4 cm³/mol. The Bertz CT molecular complexity index is 493. The van der Waals surface area contributed by atoms with Crippen LogP contribution >= 0.6 is 0 Å². The predicted octanol–water partition coefficient (Wildman–Crippen LogP) is 0.829. The van der Waals surface area contributed by atoms with Crippen molar-refractivity contribution >= 4 is 11.8 Å². The van der Waals surface area contributed by atoms with Crippen molar-refractivity contribution in [1.29, 1.82) is 0 Å². The summed E-state index contributed by atoms with van der Waals surface area (Å²) in [7, 11) is 0. The Hall–Kier alpha value is -1.82.